The summed E-state index contributed by atoms with van der Waals surface area (Å²) in [6.07, 6.45) is 1.65. The van der Waals surface area contributed by atoms with E-state index < -0.39 is 0 Å². The molecule has 1 radical (unpaired) electrons. The summed E-state index contributed by atoms with van der Waals surface area (Å²) in [4.78, 5) is 2.71. The van der Waals surface area contributed by atoms with Crippen LogP contribution in [0.4, 0.5) is 0 Å². The van der Waals surface area contributed by atoms with Crippen LogP contribution in [-0.4, -0.2) is 11.5 Å². The van der Waals surface area contributed by atoms with Crippen LogP contribution < -0.4 is 0 Å². The maximum Gasteiger partial charge on any atom is 0.0214 e. The molecule has 0 bridgehead atoms. The molecule has 14 heavy (non-hydrogen) atoms. The van der Waals surface area contributed by atoms with Gasteiger partial charge in [-0.25, -0.2) is 0 Å². The molecule has 0 atom stereocenters. The molecule has 75 valence electrons. The van der Waals surface area contributed by atoms with Gasteiger partial charge in [-0.2, -0.15) is 0 Å². The van der Waals surface area contributed by atoms with Gasteiger partial charge in [0.15, 0.2) is 0 Å². The van der Waals surface area contributed by atoms with Gasteiger partial charge in [0.25, 0.3) is 0 Å². The molecule has 0 aliphatic rings. The first kappa shape index (κ1) is 11.7. The van der Waals surface area contributed by atoms with Gasteiger partial charge >= 0.3 is 0 Å². The largest absolute Gasteiger partial charge is 0.125 e. The number of rotatable bonds is 5. The first-order valence-corrected chi connectivity index (χ1v) is 6.73. The molecule has 0 amide bonds. The summed E-state index contributed by atoms with van der Waals surface area (Å²) in [5.41, 5.74) is 1.10. The van der Waals surface area contributed by atoms with Crippen molar-refractivity contribution in [1.82, 2.24) is 0 Å². The second-order valence-electron chi connectivity index (χ2n) is 2.74. The average Bonchev–Trinajstić information content (AvgIpc) is 2.21. The molecule has 1 aromatic carbocycles. The van der Waals surface area contributed by atoms with Crippen molar-refractivity contribution in [2.75, 3.05) is 11.5 Å². The number of hydrogen-bond acceptors (Lipinski definition) is 2. The minimum absolute atomic E-state index is 1.10. The Morgan fingerprint density at radius 3 is 2.36 bits per heavy atom. The summed E-state index contributed by atoms with van der Waals surface area (Å²) in [6.45, 7) is 9.84. The monoisotopic (exact) mass is 223 g/mol. The quantitative estimate of drug-likeness (QED) is 0.680. The van der Waals surface area contributed by atoms with Crippen molar-refractivity contribution >= 4 is 29.6 Å². The number of benzene rings is 1. The smallest absolute Gasteiger partial charge is 0.0214 e. The number of hydrogen-bond donors (Lipinski definition) is 0. The van der Waals surface area contributed by atoms with E-state index in [1.54, 1.807) is 6.08 Å². The summed E-state index contributed by atoms with van der Waals surface area (Å²) in [6, 6.07) is 6.38. The minimum atomic E-state index is 1.10. The third-order valence-electron chi connectivity index (χ3n) is 1.76. The van der Waals surface area contributed by atoms with Crippen LogP contribution in [0.3, 0.4) is 0 Å². The van der Waals surface area contributed by atoms with Crippen LogP contribution in [0.1, 0.15) is 19.4 Å². The predicted molar refractivity (Wildman–Crippen MR) is 68.0 cm³/mol. The van der Waals surface area contributed by atoms with E-state index in [0.717, 1.165) is 17.1 Å². The molecule has 0 aliphatic carbocycles. The van der Waals surface area contributed by atoms with Crippen molar-refractivity contribution < 1.29 is 0 Å². The molecule has 0 fully saturated rings. The zero-order valence-corrected chi connectivity index (χ0v) is 10.3. The fourth-order valence-electron chi connectivity index (χ4n) is 1.17. The Kier molecular flexibility index (Phi) is 5.20. The molecule has 0 aromatic heterocycles. The fraction of sp³-hybridized carbons (Fsp3) is 0.333. The summed E-state index contributed by atoms with van der Waals surface area (Å²) in [7, 11) is 0. The van der Waals surface area contributed by atoms with Gasteiger partial charge < -0.3 is 0 Å². The third kappa shape index (κ3) is 3.10. The second kappa shape index (κ2) is 6.20. The van der Waals surface area contributed by atoms with E-state index >= 15 is 0 Å². The second-order valence-corrected chi connectivity index (χ2v) is 5.35. The lowest BCUT2D eigenvalue weighted by molar-refractivity contribution is 1.23. The van der Waals surface area contributed by atoms with E-state index in [-0.39, 0.29) is 0 Å². The molecule has 1 rings (SSSR count). The molecule has 0 heterocycles. The molecule has 0 spiro atoms. The van der Waals surface area contributed by atoms with E-state index in [1.807, 2.05) is 23.5 Å². The average molecular weight is 223 g/mol. The highest BCUT2D eigenvalue weighted by atomic mass is 32.2. The normalized spacial score (nSPS) is 10.1. The summed E-state index contributed by atoms with van der Waals surface area (Å²) in [5.74, 6) is 2.22. The lowest BCUT2D eigenvalue weighted by Gasteiger charge is -2.07. The van der Waals surface area contributed by atoms with Crippen molar-refractivity contribution in [3.63, 3.8) is 0 Å². The Morgan fingerprint density at radius 2 is 1.79 bits per heavy atom. The minimum Gasteiger partial charge on any atom is -0.125 e. The van der Waals surface area contributed by atoms with Crippen LogP contribution in [0.5, 0.6) is 0 Å². The molecule has 0 N–H and O–H groups in total. The van der Waals surface area contributed by atoms with Gasteiger partial charge in [0.05, 0.1) is 0 Å². The Balaban J connectivity index is 2.96. The third-order valence-corrected chi connectivity index (χ3v) is 3.78. The van der Waals surface area contributed by atoms with Crippen LogP contribution >= 0.6 is 23.5 Å². The first-order valence-electron chi connectivity index (χ1n) is 4.76. The molecule has 2 heteroatoms. The highest BCUT2D eigenvalue weighted by molar-refractivity contribution is 8.02. The summed E-state index contributed by atoms with van der Waals surface area (Å²) in [5, 5.41) is 0. The standard InChI is InChI=1S/C12H15S2/c1-4-10-7-8-11(13-5-2)12(9-10)14-6-3/h1,4,7-9H,5-6H2,2-3H3. The molecule has 1 aromatic rings. The van der Waals surface area contributed by atoms with E-state index in [0.29, 0.717) is 0 Å². The highest BCUT2D eigenvalue weighted by Gasteiger charge is 2.02. The molecular formula is C12H15S2. The Morgan fingerprint density at radius 1 is 1.14 bits per heavy atom. The molecule has 0 unspecified atom stereocenters. The maximum absolute atomic E-state index is 5.50. The van der Waals surface area contributed by atoms with E-state index in [2.05, 4.69) is 32.0 Å². The Hall–Kier alpha value is -0.340. The predicted octanol–water partition coefficient (Wildman–Crippen LogP) is 4.36. The van der Waals surface area contributed by atoms with Crippen LogP contribution in [0, 0.1) is 6.58 Å². The van der Waals surface area contributed by atoms with Gasteiger partial charge in [-0.1, -0.05) is 32.6 Å². The van der Waals surface area contributed by atoms with Crippen molar-refractivity contribution in [2.24, 2.45) is 0 Å². The Bertz CT molecular complexity index is 305. The van der Waals surface area contributed by atoms with Crippen LogP contribution in [0.2, 0.25) is 0 Å². The molecular weight excluding hydrogens is 208 g/mol. The number of thioether (sulfide) groups is 2. The molecule has 0 nitrogen and oxygen atoms in total. The highest BCUT2D eigenvalue weighted by Crippen LogP contribution is 2.31. The van der Waals surface area contributed by atoms with Gasteiger partial charge in [0, 0.05) is 9.79 Å². The van der Waals surface area contributed by atoms with Gasteiger partial charge in [-0.15, -0.1) is 23.5 Å². The van der Waals surface area contributed by atoms with Crippen molar-refractivity contribution in [2.45, 2.75) is 23.6 Å². The zero-order valence-electron chi connectivity index (χ0n) is 8.62. The van der Waals surface area contributed by atoms with Crippen molar-refractivity contribution in [3.8, 4) is 0 Å². The van der Waals surface area contributed by atoms with E-state index in [1.165, 1.54) is 9.79 Å². The first-order chi connectivity index (χ1) is 6.81. The summed E-state index contributed by atoms with van der Waals surface area (Å²) >= 11 is 3.76. The summed E-state index contributed by atoms with van der Waals surface area (Å²) < 4.78 is 0. The maximum atomic E-state index is 5.50. The Labute approximate surface area is 95.2 Å². The molecule has 0 saturated heterocycles. The van der Waals surface area contributed by atoms with Crippen molar-refractivity contribution in [1.29, 1.82) is 0 Å². The van der Waals surface area contributed by atoms with Crippen molar-refractivity contribution in [3.05, 3.63) is 30.3 Å². The van der Waals surface area contributed by atoms with Crippen LogP contribution in [0.15, 0.2) is 28.0 Å². The van der Waals surface area contributed by atoms with Crippen LogP contribution in [-0.2, 0) is 0 Å². The van der Waals surface area contributed by atoms with E-state index in [9.17, 15) is 0 Å². The lowest BCUT2D eigenvalue weighted by Crippen LogP contribution is -1.82. The van der Waals surface area contributed by atoms with Gasteiger partial charge in [0.2, 0.25) is 0 Å². The van der Waals surface area contributed by atoms with Gasteiger partial charge in [0.1, 0.15) is 0 Å². The van der Waals surface area contributed by atoms with Crippen LogP contribution in [0.25, 0.3) is 6.08 Å². The molecule has 0 aliphatic heterocycles. The SMILES string of the molecule is [CH]=Cc1ccc(SCC)c(SCC)c1. The molecule has 0 saturated carbocycles. The van der Waals surface area contributed by atoms with Gasteiger partial charge in [-0.3, -0.25) is 0 Å². The fourth-order valence-corrected chi connectivity index (χ4v) is 2.94. The lowest BCUT2D eigenvalue weighted by atomic mass is 10.2. The van der Waals surface area contributed by atoms with Gasteiger partial charge in [-0.05, 0) is 29.2 Å². The van der Waals surface area contributed by atoms with E-state index in [4.69, 9.17) is 6.58 Å². The zero-order chi connectivity index (χ0) is 10.4. The topological polar surface area (TPSA) is 0 Å².